The van der Waals surface area contributed by atoms with E-state index in [2.05, 4.69) is 30.3 Å². The highest BCUT2D eigenvalue weighted by Crippen LogP contribution is 2.23. The number of aryl methyl sites for hydroxylation is 1. The Balaban J connectivity index is 1.49. The number of fused-ring (bicyclic) bond motifs is 1. The Morgan fingerprint density at radius 2 is 2.04 bits per heavy atom. The van der Waals surface area contributed by atoms with Crippen molar-refractivity contribution in [3.63, 3.8) is 0 Å². The molecular weight excluding hydrogens is 352 g/mol. The third-order valence-electron chi connectivity index (χ3n) is 4.61. The second-order valence-corrected chi connectivity index (χ2v) is 6.78. The molecule has 0 aliphatic carbocycles. The van der Waals surface area contributed by atoms with Gasteiger partial charge in [-0.05, 0) is 25.0 Å². The van der Waals surface area contributed by atoms with Gasteiger partial charge in [0.2, 0.25) is 0 Å². The third-order valence-corrected chi connectivity index (χ3v) is 4.86. The van der Waals surface area contributed by atoms with Crippen molar-refractivity contribution >= 4 is 17.5 Å². The quantitative estimate of drug-likeness (QED) is 0.739. The third kappa shape index (κ3) is 3.35. The summed E-state index contributed by atoms with van der Waals surface area (Å²) in [7, 11) is 0. The van der Waals surface area contributed by atoms with E-state index >= 15 is 0 Å². The number of H-pyrrole nitrogens is 1. The molecule has 3 heterocycles. The van der Waals surface area contributed by atoms with E-state index in [1.807, 2.05) is 12.1 Å². The SMILES string of the molecule is O=C(NCc1nnc2n1CCCCC2)c1cn[nH]c1-c1ccc(Cl)cc1. The van der Waals surface area contributed by atoms with Gasteiger partial charge < -0.3 is 9.88 Å². The van der Waals surface area contributed by atoms with Gasteiger partial charge in [-0.25, -0.2) is 0 Å². The predicted octanol–water partition coefficient (Wildman–Crippen LogP) is 2.98. The Morgan fingerprint density at radius 3 is 2.88 bits per heavy atom. The molecule has 1 aliphatic rings. The molecule has 4 rings (SSSR count). The van der Waals surface area contributed by atoms with Crippen LogP contribution in [0.2, 0.25) is 5.02 Å². The number of benzene rings is 1. The maximum atomic E-state index is 12.6. The van der Waals surface area contributed by atoms with Crippen molar-refractivity contribution in [3.8, 4) is 11.3 Å². The monoisotopic (exact) mass is 370 g/mol. The Hall–Kier alpha value is -2.67. The van der Waals surface area contributed by atoms with E-state index in [4.69, 9.17) is 11.6 Å². The summed E-state index contributed by atoms with van der Waals surface area (Å²) in [6.07, 6.45) is 5.94. The van der Waals surface area contributed by atoms with Gasteiger partial charge in [0.15, 0.2) is 5.82 Å². The summed E-state index contributed by atoms with van der Waals surface area (Å²) in [4.78, 5) is 12.6. The molecule has 0 saturated carbocycles. The lowest BCUT2D eigenvalue weighted by Crippen LogP contribution is -2.25. The average Bonchev–Trinajstić information content (AvgIpc) is 3.22. The number of hydrogen-bond donors (Lipinski definition) is 2. The van der Waals surface area contributed by atoms with Gasteiger partial charge in [0, 0.05) is 23.6 Å². The molecule has 0 bridgehead atoms. The average molecular weight is 371 g/mol. The van der Waals surface area contributed by atoms with Crippen LogP contribution in [0.5, 0.6) is 0 Å². The zero-order chi connectivity index (χ0) is 17.9. The van der Waals surface area contributed by atoms with Gasteiger partial charge in [-0.2, -0.15) is 5.10 Å². The predicted molar refractivity (Wildman–Crippen MR) is 97.8 cm³/mol. The molecule has 0 unspecified atom stereocenters. The van der Waals surface area contributed by atoms with Crippen molar-refractivity contribution in [3.05, 3.63) is 52.7 Å². The fourth-order valence-corrected chi connectivity index (χ4v) is 3.35. The molecule has 2 N–H and O–H groups in total. The van der Waals surface area contributed by atoms with Crippen LogP contribution in [0.1, 0.15) is 41.3 Å². The summed E-state index contributed by atoms with van der Waals surface area (Å²) in [6, 6.07) is 7.27. The van der Waals surface area contributed by atoms with Crippen LogP contribution < -0.4 is 5.32 Å². The smallest absolute Gasteiger partial charge is 0.255 e. The van der Waals surface area contributed by atoms with E-state index in [-0.39, 0.29) is 5.91 Å². The van der Waals surface area contributed by atoms with Gasteiger partial charge in [-0.3, -0.25) is 9.89 Å². The van der Waals surface area contributed by atoms with Crippen molar-refractivity contribution < 1.29 is 4.79 Å². The highest BCUT2D eigenvalue weighted by molar-refractivity contribution is 6.30. The van der Waals surface area contributed by atoms with Gasteiger partial charge in [0.1, 0.15) is 5.82 Å². The van der Waals surface area contributed by atoms with Gasteiger partial charge >= 0.3 is 0 Å². The fraction of sp³-hybridized carbons (Fsp3) is 0.333. The number of nitrogens with zero attached hydrogens (tertiary/aromatic N) is 4. The van der Waals surface area contributed by atoms with Crippen LogP contribution in [0.4, 0.5) is 0 Å². The number of amides is 1. The lowest BCUT2D eigenvalue weighted by Gasteiger charge is -2.08. The summed E-state index contributed by atoms with van der Waals surface area (Å²) in [6.45, 7) is 1.26. The van der Waals surface area contributed by atoms with Crippen LogP contribution in [0.15, 0.2) is 30.5 Å². The standard InChI is InChI=1S/C18H19ClN6O/c19-13-7-5-12(6-8-13)17-14(10-21-24-17)18(26)20-11-16-23-22-15-4-2-1-3-9-25(15)16/h5-8,10H,1-4,9,11H2,(H,20,26)(H,21,24). The van der Waals surface area contributed by atoms with E-state index in [0.717, 1.165) is 43.0 Å². The van der Waals surface area contributed by atoms with Crippen molar-refractivity contribution in [2.75, 3.05) is 0 Å². The van der Waals surface area contributed by atoms with Crippen molar-refractivity contribution in [2.24, 2.45) is 0 Å². The molecule has 134 valence electrons. The molecule has 0 atom stereocenters. The maximum absolute atomic E-state index is 12.6. The van der Waals surface area contributed by atoms with Crippen LogP contribution >= 0.6 is 11.6 Å². The molecule has 1 amide bonds. The van der Waals surface area contributed by atoms with Gasteiger partial charge in [-0.1, -0.05) is 30.2 Å². The van der Waals surface area contributed by atoms with E-state index < -0.39 is 0 Å². The summed E-state index contributed by atoms with van der Waals surface area (Å²) < 4.78 is 2.13. The summed E-state index contributed by atoms with van der Waals surface area (Å²) in [5.41, 5.74) is 2.01. The van der Waals surface area contributed by atoms with Crippen molar-refractivity contribution in [1.82, 2.24) is 30.3 Å². The molecule has 0 spiro atoms. The minimum absolute atomic E-state index is 0.199. The normalized spacial score (nSPS) is 13.9. The van der Waals surface area contributed by atoms with Crippen LogP contribution in [-0.4, -0.2) is 30.9 Å². The number of aromatic amines is 1. The minimum Gasteiger partial charge on any atom is -0.345 e. The number of nitrogens with one attached hydrogen (secondary N) is 2. The summed E-state index contributed by atoms with van der Waals surface area (Å²) >= 11 is 5.93. The topological polar surface area (TPSA) is 88.5 Å². The summed E-state index contributed by atoms with van der Waals surface area (Å²) in [5.74, 6) is 1.61. The highest BCUT2D eigenvalue weighted by Gasteiger charge is 2.18. The number of halogens is 1. The number of carbonyl (C=O) groups is 1. The van der Waals surface area contributed by atoms with Crippen LogP contribution in [0.25, 0.3) is 11.3 Å². The molecule has 26 heavy (non-hydrogen) atoms. The van der Waals surface area contributed by atoms with Gasteiger partial charge in [-0.15, -0.1) is 10.2 Å². The zero-order valence-electron chi connectivity index (χ0n) is 14.2. The number of aromatic nitrogens is 5. The van der Waals surface area contributed by atoms with Crippen LogP contribution in [0.3, 0.4) is 0 Å². The summed E-state index contributed by atoms with van der Waals surface area (Å²) in [5, 5.41) is 19.0. The lowest BCUT2D eigenvalue weighted by molar-refractivity contribution is 0.0950. The number of hydrogen-bond acceptors (Lipinski definition) is 4. The molecule has 0 fully saturated rings. The molecule has 3 aromatic rings. The molecule has 0 radical (unpaired) electrons. The minimum atomic E-state index is -0.199. The number of rotatable bonds is 4. The zero-order valence-corrected chi connectivity index (χ0v) is 15.0. The first-order valence-electron chi connectivity index (χ1n) is 8.71. The molecule has 0 saturated heterocycles. The first-order chi connectivity index (χ1) is 12.7. The molecule has 2 aromatic heterocycles. The van der Waals surface area contributed by atoms with E-state index in [1.165, 1.54) is 12.6 Å². The van der Waals surface area contributed by atoms with E-state index in [0.29, 0.717) is 22.8 Å². The van der Waals surface area contributed by atoms with E-state index in [1.54, 1.807) is 12.1 Å². The Morgan fingerprint density at radius 1 is 1.19 bits per heavy atom. The molecule has 7 nitrogen and oxygen atoms in total. The largest absolute Gasteiger partial charge is 0.345 e. The van der Waals surface area contributed by atoms with E-state index in [9.17, 15) is 4.79 Å². The first-order valence-corrected chi connectivity index (χ1v) is 9.08. The molecular formula is C18H19ClN6O. The lowest BCUT2D eigenvalue weighted by atomic mass is 10.1. The maximum Gasteiger partial charge on any atom is 0.255 e. The van der Waals surface area contributed by atoms with Crippen LogP contribution in [-0.2, 0) is 19.5 Å². The molecule has 8 heteroatoms. The van der Waals surface area contributed by atoms with Crippen molar-refractivity contribution in [1.29, 1.82) is 0 Å². The molecule has 1 aromatic carbocycles. The Labute approximate surface area is 155 Å². The first kappa shape index (κ1) is 16.8. The Bertz CT molecular complexity index is 914. The van der Waals surface area contributed by atoms with Crippen molar-refractivity contribution in [2.45, 2.75) is 38.8 Å². The van der Waals surface area contributed by atoms with Gasteiger partial charge in [0.25, 0.3) is 5.91 Å². The van der Waals surface area contributed by atoms with Crippen LogP contribution in [0, 0.1) is 0 Å². The number of carbonyl (C=O) groups excluding carboxylic acids is 1. The fourth-order valence-electron chi connectivity index (χ4n) is 3.23. The Kier molecular flexibility index (Phi) is 4.71. The highest BCUT2D eigenvalue weighted by atomic mass is 35.5. The second kappa shape index (κ2) is 7.29. The second-order valence-electron chi connectivity index (χ2n) is 6.34. The molecule has 1 aliphatic heterocycles. The van der Waals surface area contributed by atoms with Gasteiger partial charge in [0.05, 0.1) is 24.0 Å².